The first-order valence-corrected chi connectivity index (χ1v) is 4.83. The molecule has 0 fully saturated rings. The number of hydrogen-bond acceptors (Lipinski definition) is 2. The maximum atomic E-state index is 11.3. The Balaban J connectivity index is 3.79. The van der Waals surface area contributed by atoms with Gasteiger partial charge in [0, 0.05) is 25.4 Å². The van der Waals surface area contributed by atoms with Gasteiger partial charge >= 0.3 is 0 Å². The number of hydrogen-bond donors (Lipinski definition) is 2. The molecule has 3 N–H and O–H groups in total. The Morgan fingerprint density at radius 3 is 2.57 bits per heavy atom. The summed E-state index contributed by atoms with van der Waals surface area (Å²) in [4.78, 5) is 11.3. The molecule has 1 atom stereocenters. The molecule has 0 saturated carbocycles. The summed E-state index contributed by atoms with van der Waals surface area (Å²) >= 11 is 0. The summed E-state index contributed by atoms with van der Waals surface area (Å²) in [6.07, 6.45) is 5.98. The molecule has 0 rings (SSSR count). The third kappa shape index (κ3) is 5.60. The molecular formula is C11H20N2O. The zero-order valence-corrected chi connectivity index (χ0v) is 9.26. The van der Waals surface area contributed by atoms with Crippen molar-refractivity contribution < 1.29 is 4.79 Å². The van der Waals surface area contributed by atoms with E-state index in [0.717, 1.165) is 0 Å². The first-order valence-electron chi connectivity index (χ1n) is 4.83. The quantitative estimate of drug-likeness (QED) is 0.518. The van der Waals surface area contributed by atoms with Crippen molar-refractivity contribution in [2.75, 3.05) is 6.54 Å². The van der Waals surface area contributed by atoms with Crippen molar-refractivity contribution in [3.63, 3.8) is 0 Å². The fraction of sp³-hybridized carbons (Fsp3) is 0.727. The predicted molar refractivity (Wildman–Crippen MR) is 58.5 cm³/mol. The molecule has 0 saturated heterocycles. The van der Waals surface area contributed by atoms with Gasteiger partial charge < -0.3 is 11.1 Å². The minimum Gasteiger partial charge on any atom is -0.355 e. The van der Waals surface area contributed by atoms with Crippen molar-refractivity contribution >= 4 is 5.91 Å². The molecular weight excluding hydrogens is 176 g/mol. The molecule has 0 aliphatic carbocycles. The standard InChI is InChI=1S/C11H20N2O/c1-5-6-7-13-10(14)8-9(12)11(2,3)4/h1,9H,6-8,12H2,2-4H3,(H,13,14). The predicted octanol–water partition coefficient (Wildman–Crippen LogP) is 0.889. The van der Waals surface area contributed by atoms with Crippen molar-refractivity contribution in [3.8, 4) is 12.3 Å². The van der Waals surface area contributed by atoms with E-state index in [1.165, 1.54) is 0 Å². The van der Waals surface area contributed by atoms with Crippen LogP contribution in [0.3, 0.4) is 0 Å². The van der Waals surface area contributed by atoms with Gasteiger partial charge in [0.2, 0.25) is 5.91 Å². The van der Waals surface area contributed by atoms with Crippen LogP contribution in [0.4, 0.5) is 0 Å². The minimum atomic E-state index is -0.117. The van der Waals surface area contributed by atoms with Crippen LogP contribution in [0.2, 0.25) is 0 Å². The largest absolute Gasteiger partial charge is 0.355 e. The number of nitrogens with two attached hydrogens (primary N) is 1. The Morgan fingerprint density at radius 2 is 2.14 bits per heavy atom. The molecule has 3 heteroatoms. The minimum absolute atomic E-state index is 0.0253. The van der Waals surface area contributed by atoms with Crippen LogP contribution < -0.4 is 11.1 Å². The van der Waals surface area contributed by atoms with Crippen LogP contribution in [0.15, 0.2) is 0 Å². The number of carbonyl (C=O) groups excluding carboxylic acids is 1. The van der Waals surface area contributed by atoms with Crippen LogP contribution in [0.5, 0.6) is 0 Å². The van der Waals surface area contributed by atoms with Gasteiger partial charge in [0.15, 0.2) is 0 Å². The van der Waals surface area contributed by atoms with Crippen molar-refractivity contribution in [2.24, 2.45) is 11.1 Å². The molecule has 80 valence electrons. The average Bonchev–Trinajstić information content (AvgIpc) is 2.03. The second-order valence-electron chi connectivity index (χ2n) is 4.48. The Hall–Kier alpha value is -1.01. The molecule has 1 unspecified atom stereocenters. The summed E-state index contributed by atoms with van der Waals surface area (Å²) in [6, 6.07) is -0.117. The molecule has 0 spiro atoms. The van der Waals surface area contributed by atoms with Crippen LogP contribution in [0, 0.1) is 17.8 Å². The lowest BCUT2D eigenvalue weighted by atomic mass is 9.85. The van der Waals surface area contributed by atoms with Crippen molar-refractivity contribution in [2.45, 2.75) is 39.7 Å². The first-order chi connectivity index (χ1) is 6.38. The smallest absolute Gasteiger partial charge is 0.221 e. The third-order valence-corrected chi connectivity index (χ3v) is 2.11. The van der Waals surface area contributed by atoms with Crippen LogP contribution in [-0.2, 0) is 4.79 Å². The highest BCUT2D eigenvalue weighted by Gasteiger charge is 2.22. The molecule has 1 amide bonds. The first kappa shape index (κ1) is 13.0. The monoisotopic (exact) mass is 196 g/mol. The van der Waals surface area contributed by atoms with Crippen molar-refractivity contribution in [1.29, 1.82) is 0 Å². The van der Waals surface area contributed by atoms with Gasteiger partial charge in [-0.25, -0.2) is 0 Å². The summed E-state index contributed by atoms with van der Waals surface area (Å²) in [6.45, 7) is 6.59. The van der Waals surface area contributed by atoms with E-state index in [2.05, 4.69) is 11.2 Å². The Labute approximate surface area is 86.4 Å². The van der Waals surface area contributed by atoms with E-state index in [9.17, 15) is 4.79 Å². The molecule has 0 aliphatic heterocycles. The molecule has 14 heavy (non-hydrogen) atoms. The second-order valence-corrected chi connectivity index (χ2v) is 4.48. The number of rotatable bonds is 4. The zero-order chi connectivity index (χ0) is 11.2. The second kappa shape index (κ2) is 5.66. The summed E-state index contributed by atoms with van der Waals surface area (Å²) in [5.74, 6) is 2.44. The molecule has 3 nitrogen and oxygen atoms in total. The Morgan fingerprint density at radius 1 is 1.57 bits per heavy atom. The van der Waals surface area contributed by atoms with E-state index in [-0.39, 0.29) is 17.4 Å². The Kier molecular flexibility index (Phi) is 5.26. The number of terminal acetylenes is 1. The van der Waals surface area contributed by atoms with Crippen LogP contribution in [-0.4, -0.2) is 18.5 Å². The van der Waals surface area contributed by atoms with E-state index >= 15 is 0 Å². The van der Waals surface area contributed by atoms with E-state index in [1.54, 1.807) is 0 Å². The SMILES string of the molecule is C#CCCNC(=O)CC(N)C(C)(C)C. The highest BCUT2D eigenvalue weighted by molar-refractivity contribution is 5.76. The van der Waals surface area contributed by atoms with Gasteiger partial charge in [0.1, 0.15) is 0 Å². The lowest BCUT2D eigenvalue weighted by molar-refractivity contribution is -0.121. The topological polar surface area (TPSA) is 55.1 Å². The van der Waals surface area contributed by atoms with E-state index < -0.39 is 0 Å². The average molecular weight is 196 g/mol. The fourth-order valence-corrected chi connectivity index (χ4v) is 0.852. The molecule has 0 aromatic rings. The van der Waals surface area contributed by atoms with Crippen LogP contribution in [0.25, 0.3) is 0 Å². The molecule has 0 aliphatic rings. The summed E-state index contributed by atoms with van der Waals surface area (Å²) in [7, 11) is 0. The third-order valence-electron chi connectivity index (χ3n) is 2.11. The van der Waals surface area contributed by atoms with Gasteiger partial charge in [0.25, 0.3) is 0 Å². The maximum Gasteiger partial charge on any atom is 0.221 e. The van der Waals surface area contributed by atoms with Gasteiger partial charge in [-0.05, 0) is 5.41 Å². The number of amides is 1. The van der Waals surface area contributed by atoms with E-state index in [4.69, 9.17) is 12.2 Å². The van der Waals surface area contributed by atoms with Crippen LogP contribution in [0.1, 0.15) is 33.6 Å². The molecule has 0 aromatic heterocycles. The Bertz CT molecular complexity index is 222. The number of carbonyl (C=O) groups is 1. The zero-order valence-electron chi connectivity index (χ0n) is 9.26. The highest BCUT2D eigenvalue weighted by atomic mass is 16.1. The summed E-state index contributed by atoms with van der Waals surface area (Å²) < 4.78 is 0. The molecule has 0 aromatic carbocycles. The molecule has 0 heterocycles. The highest BCUT2D eigenvalue weighted by Crippen LogP contribution is 2.19. The van der Waals surface area contributed by atoms with Gasteiger partial charge in [-0.3, -0.25) is 4.79 Å². The van der Waals surface area contributed by atoms with Crippen molar-refractivity contribution in [3.05, 3.63) is 0 Å². The molecule has 0 bridgehead atoms. The summed E-state index contributed by atoms with van der Waals surface area (Å²) in [5, 5.41) is 2.73. The fourth-order valence-electron chi connectivity index (χ4n) is 0.852. The van der Waals surface area contributed by atoms with Gasteiger partial charge in [0.05, 0.1) is 0 Å². The lowest BCUT2D eigenvalue weighted by Gasteiger charge is -2.26. The maximum absolute atomic E-state index is 11.3. The normalized spacial score (nSPS) is 13.1. The van der Waals surface area contributed by atoms with Crippen LogP contribution >= 0.6 is 0 Å². The molecule has 0 radical (unpaired) electrons. The van der Waals surface area contributed by atoms with Gasteiger partial charge in [-0.15, -0.1) is 12.3 Å². The van der Waals surface area contributed by atoms with E-state index in [0.29, 0.717) is 19.4 Å². The lowest BCUT2D eigenvalue weighted by Crippen LogP contribution is -2.40. The summed E-state index contributed by atoms with van der Waals surface area (Å²) in [5.41, 5.74) is 5.82. The van der Waals surface area contributed by atoms with E-state index in [1.807, 2.05) is 20.8 Å². The van der Waals surface area contributed by atoms with Gasteiger partial charge in [-0.1, -0.05) is 20.8 Å². The van der Waals surface area contributed by atoms with Gasteiger partial charge in [-0.2, -0.15) is 0 Å². The van der Waals surface area contributed by atoms with Crippen molar-refractivity contribution in [1.82, 2.24) is 5.32 Å². The number of nitrogens with one attached hydrogen (secondary N) is 1.